The topological polar surface area (TPSA) is 20.2 Å². The molecule has 0 aliphatic carbocycles. The standard InChI is InChI=1S/C3H9OP/c1-2-3-5-4/h4-5H,2-3H2,1H3/p+1. The highest BCUT2D eigenvalue weighted by Crippen LogP contribution is 2.00. The summed E-state index contributed by atoms with van der Waals surface area (Å²) >= 11 is 0. The van der Waals surface area contributed by atoms with Crippen LogP contribution in [-0.2, 0) is 0 Å². The van der Waals surface area contributed by atoms with Crippen molar-refractivity contribution in [2.24, 2.45) is 0 Å². The molecule has 1 nitrogen and oxygen atoms in total. The summed E-state index contributed by atoms with van der Waals surface area (Å²) in [4.78, 5) is 8.15. The molecule has 1 N–H and O–H groups in total. The fraction of sp³-hybridized carbons (Fsp3) is 1.00. The normalized spacial score (nSPS) is 10.8. The highest BCUT2D eigenvalue weighted by Gasteiger charge is 1.76. The van der Waals surface area contributed by atoms with Gasteiger partial charge in [-0.3, -0.25) is 4.89 Å². The van der Waals surface area contributed by atoms with Gasteiger partial charge in [-0.1, -0.05) is 6.92 Å². The van der Waals surface area contributed by atoms with Crippen molar-refractivity contribution in [2.75, 3.05) is 6.16 Å². The molecular formula is C3H10OP+. The summed E-state index contributed by atoms with van der Waals surface area (Å²) < 4.78 is 0. The first kappa shape index (κ1) is 5.39. The molecule has 0 radical (unpaired) electrons. The van der Waals surface area contributed by atoms with Gasteiger partial charge in [-0.2, -0.15) is 0 Å². The van der Waals surface area contributed by atoms with Gasteiger partial charge in [-0.15, -0.1) is 0 Å². The van der Waals surface area contributed by atoms with E-state index < -0.39 is 0 Å². The summed E-state index contributed by atoms with van der Waals surface area (Å²) in [5.41, 5.74) is 0. The van der Waals surface area contributed by atoms with E-state index in [9.17, 15) is 0 Å². The lowest BCUT2D eigenvalue weighted by Gasteiger charge is -1.71. The molecule has 1 atom stereocenters. The Hall–Kier alpha value is 0.390. The molecule has 0 aliphatic heterocycles. The van der Waals surface area contributed by atoms with E-state index in [4.69, 9.17) is 4.89 Å². The van der Waals surface area contributed by atoms with Gasteiger partial charge >= 0.3 is 0 Å². The smallest absolute Gasteiger partial charge is 0.116 e. The van der Waals surface area contributed by atoms with Gasteiger partial charge in [0.05, 0.1) is 6.16 Å². The maximum atomic E-state index is 8.15. The summed E-state index contributed by atoms with van der Waals surface area (Å²) in [5.74, 6) is 0. The SMILES string of the molecule is CCC[PH2+]O. The van der Waals surface area contributed by atoms with Crippen molar-refractivity contribution in [3.63, 3.8) is 0 Å². The third-order valence-corrected chi connectivity index (χ3v) is 1.25. The Morgan fingerprint density at radius 3 is 2.40 bits per heavy atom. The average Bonchev–Trinajstić information content (AvgIpc) is 1.41. The van der Waals surface area contributed by atoms with E-state index in [1.807, 2.05) is 0 Å². The van der Waals surface area contributed by atoms with E-state index >= 15 is 0 Å². The highest BCUT2D eigenvalue weighted by molar-refractivity contribution is 7.31. The third kappa shape index (κ3) is 4.39. The Balaban J connectivity index is 2.19. The monoisotopic (exact) mass is 93.0 g/mol. The van der Waals surface area contributed by atoms with Crippen LogP contribution >= 0.6 is 8.81 Å². The van der Waals surface area contributed by atoms with Gasteiger partial charge in [0.15, 0.2) is 0 Å². The van der Waals surface area contributed by atoms with E-state index in [0.717, 1.165) is 12.6 Å². The Morgan fingerprint density at radius 1 is 1.80 bits per heavy atom. The average molecular weight is 93.1 g/mol. The number of hydrogen-bond acceptors (Lipinski definition) is 1. The maximum absolute atomic E-state index is 8.15. The molecule has 0 aromatic heterocycles. The van der Waals surface area contributed by atoms with Crippen molar-refractivity contribution in [2.45, 2.75) is 13.3 Å². The molecular weight excluding hydrogens is 83.0 g/mol. The number of hydrogen-bond donors (Lipinski definition) is 1. The molecule has 0 aromatic carbocycles. The van der Waals surface area contributed by atoms with E-state index in [2.05, 4.69) is 6.92 Å². The largest absolute Gasteiger partial charge is 0.257 e. The van der Waals surface area contributed by atoms with Gasteiger partial charge in [0, 0.05) is 0 Å². The summed E-state index contributed by atoms with van der Waals surface area (Å²) in [6, 6.07) is 0. The highest BCUT2D eigenvalue weighted by atomic mass is 31.1. The molecule has 0 aliphatic rings. The summed E-state index contributed by atoms with van der Waals surface area (Å²) in [6.45, 7) is 2.07. The van der Waals surface area contributed by atoms with Crippen LogP contribution in [0.3, 0.4) is 0 Å². The second kappa shape index (κ2) is 4.39. The van der Waals surface area contributed by atoms with Crippen LogP contribution in [0.4, 0.5) is 0 Å². The van der Waals surface area contributed by atoms with Gasteiger partial charge in [-0.25, -0.2) is 0 Å². The Labute approximate surface area is 34.3 Å². The number of rotatable bonds is 2. The molecule has 0 saturated carbocycles. The Morgan fingerprint density at radius 2 is 2.40 bits per heavy atom. The molecule has 0 spiro atoms. The second-order valence-corrected chi connectivity index (χ2v) is 1.91. The van der Waals surface area contributed by atoms with E-state index in [-0.39, 0.29) is 8.81 Å². The minimum atomic E-state index is -0.214. The quantitative estimate of drug-likeness (QED) is 0.498. The van der Waals surface area contributed by atoms with Crippen LogP contribution in [-0.4, -0.2) is 11.1 Å². The van der Waals surface area contributed by atoms with E-state index in [1.165, 1.54) is 0 Å². The van der Waals surface area contributed by atoms with Crippen molar-refractivity contribution in [1.29, 1.82) is 0 Å². The zero-order valence-electron chi connectivity index (χ0n) is 3.44. The molecule has 0 heterocycles. The molecule has 0 bridgehead atoms. The molecule has 0 rings (SSSR count). The molecule has 0 fully saturated rings. The van der Waals surface area contributed by atoms with E-state index in [1.54, 1.807) is 0 Å². The van der Waals surface area contributed by atoms with Crippen LogP contribution < -0.4 is 0 Å². The lowest BCUT2D eigenvalue weighted by Crippen LogP contribution is -1.62. The lowest BCUT2D eigenvalue weighted by atomic mass is 10.6. The van der Waals surface area contributed by atoms with Gasteiger partial charge < -0.3 is 0 Å². The predicted octanol–water partition coefficient (Wildman–Crippen LogP) is 0.714. The molecule has 2 heteroatoms. The van der Waals surface area contributed by atoms with Gasteiger partial charge in [0.25, 0.3) is 0 Å². The lowest BCUT2D eigenvalue weighted by molar-refractivity contribution is 0.643. The minimum absolute atomic E-state index is 0.214. The van der Waals surface area contributed by atoms with Crippen molar-refractivity contribution in [1.82, 2.24) is 0 Å². The fourth-order valence-electron chi connectivity index (χ4n) is 0.129. The summed E-state index contributed by atoms with van der Waals surface area (Å²) in [7, 11) is -0.214. The summed E-state index contributed by atoms with van der Waals surface area (Å²) in [6.07, 6.45) is 2.16. The molecule has 0 saturated heterocycles. The van der Waals surface area contributed by atoms with Gasteiger partial charge in [0.1, 0.15) is 8.81 Å². The zero-order valence-corrected chi connectivity index (χ0v) is 4.59. The van der Waals surface area contributed by atoms with Gasteiger partial charge in [-0.05, 0) is 6.42 Å². The fourth-order valence-corrected chi connectivity index (χ4v) is 0.387. The van der Waals surface area contributed by atoms with Crippen LogP contribution in [0, 0.1) is 0 Å². The van der Waals surface area contributed by atoms with Crippen LogP contribution in [0.1, 0.15) is 13.3 Å². The first-order valence-corrected chi connectivity index (χ1v) is 3.21. The van der Waals surface area contributed by atoms with Crippen LogP contribution in [0.2, 0.25) is 0 Å². The Bertz CT molecular complexity index is 14.4. The first-order valence-electron chi connectivity index (χ1n) is 1.87. The van der Waals surface area contributed by atoms with Crippen molar-refractivity contribution >= 4 is 8.81 Å². The molecule has 0 amide bonds. The Kier molecular flexibility index (Phi) is 4.73. The maximum Gasteiger partial charge on any atom is 0.116 e. The molecule has 5 heavy (non-hydrogen) atoms. The van der Waals surface area contributed by atoms with Crippen LogP contribution in [0.5, 0.6) is 0 Å². The minimum Gasteiger partial charge on any atom is -0.257 e. The van der Waals surface area contributed by atoms with Crippen LogP contribution in [0.15, 0.2) is 0 Å². The first-order chi connectivity index (χ1) is 2.41. The van der Waals surface area contributed by atoms with Gasteiger partial charge in [0.2, 0.25) is 0 Å². The third-order valence-electron chi connectivity index (χ3n) is 0.418. The molecule has 32 valence electrons. The zero-order chi connectivity index (χ0) is 4.12. The second-order valence-electron chi connectivity index (χ2n) is 0.971. The molecule has 1 unspecified atom stereocenters. The molecule has 0 aromatic rings. The van der Waals surface area contributed by atoms with Crippen LogP contribution in [0.25, 0.3) is 0 Å². The van der Waals surface area contributed by atoms with Crippen molar-refractivity contribution in [3.8, 4) is 0 Å². The van der Waals surface area contributed by atoms with Crippen molar-refractivity contribution < 1.29 is 4.89 Å². The van der Waals surface area contributed by atoms with E-state index in [0.29, 0.717) is 0 Å². The predicted molar refractivity (Wildman–Crippen MR) is 27.1 cm³/mol. The van der Waals surface area contributed by atoms with Crippen molar-refractivity contribution in [3.05, 3.63) is 0 Å². The summed E-state index contributed by atoms with van der Waals surface area (Å²) in [5, 5.41) is 0.